The molecule has 0 aliphatic rings. The number of amides is 1. The molecule has 0 saturated carbocycles. The molecular formula is C24H17N3O3S. The molecule has 6 nitrogen and oxygen atoms in total. The highest BCUT2D eigenvalue weighted by Crippen LogP contribution is 2.24. The Balaban J connectivity index is 1.32. The van der Waals surface area contributed by atoms with Crippen LogP contribution in [0.5, 0.6) is 17.2 Å². The fraction of sp³-hybridized carbons (Fsp3) is 0.0417. The van der Waals surface area contributed by atoms with Crippen LogP contribution in [0.15, 0.2) is 83.7 Å². The van der Waals surface area contributed by atoms with Gasteiger partial charge in [0.2, 0.25) is 0 Å². The Bertz CT molecular complexity index is 1180. The summed E-state index contributed by atoms with van der Waals surface area (Å²) in [6, 6.07) is 22.9. The normalized spacial score (nSPS) is 10.2. The Kier molecular flexibility index (Phi) is 6.21. The number of hydrogen-bond donors (Lipinski definition) is 1. The Morgan fingerprint density at radius 2 is 1.58 bits per heavy atom. The Morgan fingerprint density at radius 3 is 2.19 bits per heavy atom. The molecule has 152 valence electrons. The van der Waals surface area contributed by atoms with Crippen LogP contribution in [0.2, 0.25) is 0 Å². The fourth-order valence-corrected chi connectivity index (χ4v) is 3.25. The summed E-state index contributed by atoms with van der Waals surface area (Å²) >= 11 is 1.52. The lowest BCUT2D eigenvalue weighted by atomic mass is 10.2. The molecule has 3 aromatic carbocycles. The molecule has 0 fully saturated rings. The molecular weight excluding hydrogens is 410 g/mol. The van der Waals surface area contributed by atoms with E-state index in [0.29, 0.717) is 40.7 Å². The van der Waals surface area contributed by atoms with E-state index in [1.807, 2.05) is 5.38 Å². The van der Waals surface area contributed by atoms with E-state index >= 15 is 0 Å². The van der Waals surface area contributed by atoms with Crippen LogP contribution >= 0.6 is 11.3 Å². The highest BCUT2D eigenvalue weighted by molar-refractivity contribution is 7.07. The maximum atomic E-state index is 12.5. The molecule has 1 aromatic heterocycles. The van der Waals surface area contributed by atoms with Gasteiger partial charge in [0.1, 0.15) is 23.9 Å². The van der Waals surface area contributed by atoms with Crippen molar-refractivity contribution in [2.45, 2.75) is 6.61 Å². The number of nitrogens with one attached hydrogen (secondary N) is 1. The number of ether oxygens (including phenoxy) is 2. The molecule has 0 bridgehead atoms. The van der Waals surface area contributed by atoms with Gasteiger partial charge in [-0.15, -0.1) is 11.3 Å². The number of hydrogen-bond acceptors (Lipinski definition) is 6. The number of thiazole rings is 1. The van der Waals surface area contributed by atoms with Crippen LogP contribution in [0.3, 0.4) is 0 Å². The number of nitriles is 1. The predicted octanol–water partition coefficient (Wildman–Crippen LogP) is 5.64. The van der Waals surface area contributed by atoms with Gasteiger partial charge in [-0.05, 0) is 72.8 Å². The first-order valence-electron chi connectivity index (χ1n) is 9.39. The SMILES string of the molecule is N#Cc1ccc(Oc2ccc(NC(=O)c3ccc(OCc4cscn4)cc3)cc2)cc1. The van der Waals surface area contributed by atoms with Crippen LogP contribution in [-0.4, -0.2) is 10.9 Å². The number of anilines is 1. The van der Waals surface area contributed by atoms with Crippen molar-refractivity contribution in [1.82, 2.24) is 4.98 Å². The summed E-state index contributed by atoms with van der Waals surface area (Å²) in [5.74, 6) is 1.72. The minimum Gasteiger partial charge on any atom is -0.487 e. The fourth-order valence-electron chi connectivity index (χ4n) is 2.71. The van der Waals surface area contributed by atoms with Gasteiger partial charge in [-0.25, -0.2) is 4.98 Å². The molecule has 1 heterocycles. The van der Waals surface area contributed by atoms with Crippen LogP contribution < -0.4 is 14.8 Å². The van der Waals surface area contributed by atoms with Crippen LogP contribution in [0, 0.1) is 11.3 Å². The van der Waals surface area contributed by atoms with Crippen molar-refractivity contribution in [1.29, 1.82) is 5.26 Å². The third-order valence-electron chi connectivity index (χ3n) is 4.32. The average Bonchev–Trinajstić information content (AvgIpc) is 3.33. The summed E-state index contributed by atoms with van der Waals surface area (Å²) in [7, 11) is 0. The van der Waals surface area contributed by atoms with E-state index in [-0.39, 0.29) is 5.91 Å². The summed E-state index contributed by atoms with van der Waals surface area (Å²) in [6.45, 7) is 0.395. The molecule has 0 saturated heterocycles. The summed E-state index contributed by atoms with van der Waals surface area (Å²) in [6.07, 6.45) is 0. The smallest absolute Gasteiger partial charge is 0.255 e. The minimum absolute atomic E-state index is 0.216. The van der Waals surface area contributed by atoms with E-state index in [1.54, 1.807) is 78.3 Å². The molecule has 31 heavy (non-hydrogen) atoms. The van der Waals surface area contributed by atoms with E-state index in [2.05, 4.69) is 16.4 Å². The number of rotatable bonds is 7. The van der Waals surface area contributed by atoms with Crippen LogP contribution in [-0.2, 0) is 6.61 Å². The zero-order valence-electron chi connectivity index (χ0n) is 16.3. The van der Waals surface area contributed by atoms with Gasteiger partial charge >= 0.3 is 0 Å². The molecule has 1 amide bonds. The van der Waals surface area contributed by atoms with E-state index in [0.717, 1.165) is 5.69 Å². The highest BCUT2D eigenvalue weighted by Gasteiger charge is 2.07. The molecule has 1 N–H and O–H groups in total. The van der Waals surface area contributed by atoms with E-state index in [4.69, 9.17) is 14.7 Å². The number of carbonyl (C=O) groups is 1. The molecule has 0 unspecified atom stereocenters. The van der Waals surface area contributed by atoms with Gasteiger partial charge in [-0.3, -0.25) is 4.79 Å². The van der Waals surface area contributed by atoms with E-state index in [1.165, 1.54) is 11.3 Å². The molecule has 4 rings (SSSR count). The van der Waals surface area contributed by atoms with Crippen molar-refractivity contribution in [2.75, 3.05) is 5.32 Å². The number of nitrogens with zero attached hydrogens (tertiary/aromatic N) is 2. The second kappa shape index (κ2) is 9.57. The summed E-state index contributed by atoms with van der Waals surface area (Å²) < 4.78 is 11.4. The molecule has 0 spiro atoms. The molecule has 4 aromatic rings. The molecule has 0 aliphatic carbocycles. The summed E-state index contributed by atoms with van der Waals surface area (Å²) in [5.41, 5.74) is 4.39. The van der Waals surface area contributed by atoms with Crippen molar-refractivity contribution in [2.24, 2.45) is 0 Å². The third-order valence-corrected chi connectivity index (χ3v) is 4.95. The first-order chi connectivity index (χ1) is 15.2. The Morgan fingerprint density at radius 1 is 0.935 bits per heavy atom. The quantitative estimate of drug-likeness (QED) is 0.413. The molecule has 0 aliphatic heterocycles. The molecule has 7 heteroatoms. The van der Waals surface area contributed by atoms with E-state index < -0.39 is 0 Å². The van der Waals surface area contributed by atoms with Crippen molar-refractivity contribution in [3.05, 3.63) is 101 Å². The number of aromatic nitrogens is 1. The van der Waals surface area contributed by atoms with Gasteiger partial charge in [0.15, 0.2) is 0 Å². The van der Waals surface area contributed by atoms with Crippen LogP contribution in [0.25, 0.3) is 0 Å². The largest absolute Gasteiger partial charge is 0.487 e. The Hall–Kier alpha value is -4.15. The summed E-state index contributed by atoms with van der Waals surface area (Å²) in [4.78, 5) is 16.7. The van der Waals surface area contributed by atoms with E-state index in [9.17, 15) is 4.79 Å². The van der Waals surface area contributed by atoms with Crippen molar-refractivity contribution >= 4 is 22.9 Å². The maximum Gasteiger partial charge on any atom is 0.255 e. The second-order valence-electron chi connectivity index (χ2n) is 6.51. The van der Waals surface area contributed by atoms with Gasteiger partial charge < -0.3 is 14.8 Å². The molecule has 0 radical (unpaired) electrons. The third kappa shape index (κ3) is 5.47. The van der Waals surface area contributed by atoms with Crippen molar-refractivity contribution in [3.63, 3.8) is 0 Å². The minimum atomic E-state index is -0.216. The monoisotopic (exact) mass is 427 g/mol. The number of carbonyl (C=O) groups excluding carboxylic acids is 1. The Labute approximate surface area is 183 Å². The van der Waals surface area contributed by atoms with Crippen LogP contribution in [0.4, 0.5) is 5.69 Å². The van der Waals surface area contributed by atoms with Gasteiger partial charge in [-0.2, -0.15) is 5.26 Å². The zero-order valence-corrected chi connectivity index (χ0v) is 17.1. The summed E-state index contributed by atoms with van der Waals surface area (Å²) in [5, 5.41) is 13.6. The maximum absolute atomic E-state index is 12.5. The van der Waals surface area contributed by atoms with Gasteiger partial charge in [-0.1, -0.05) is 0 Å². The standard InChI is InChI=1S/C24H17N3O3S/c25-13-17-1-7-22(8-2-17)30-23-11-5-19(6-12-23)27-24(28)18-3-9-21(10-4-18)29-14-20-15-31-16-26-20/h1-12,15-16H,14H2,(H,27,28). The first-order valence-corrected chi connectivity index (χ1v) is 10.3. The van der Waals surface area contributed by atoms with Gasteiger partial charge in [0, 0.05) is 16.6 Å². The second-order valence-corrected chi connectivity index (χ2v) is 7.23. The first kappa shape index (κ1) is 20.1. The molecule has 0 atom stereocenters. The number of benzene rings is 3. The van der Waals surface area contributed by atoms with Gasteiger partial charge in [0.25, 0.3) is 5.91 Å². The predicted molar refractivity (Wildman–Crippen MR) is 119 cm³/mol. The van der Waals surface area contributed by atoms with Crippen molar-refractivity contribution < 1.29 is 14.3 Å². The average molecular weight is 427 g/mol. The lowest BCUT2D eigenvalue weighted by Crippen LogP contribution is -2.11. The van der Waals surface area contributed by atoms with Crippen LogP contribution in [0.1, 0.15) is 21.6 Å². The zero-order chi connectivity index (χ0) is 21.5. The van der Waals surface area contributed by atoms with Crippen molar-refractivity contribution in [3.8, 4) is 23.3 Å². The topological polar surface area (TPSA) is 84.2 Å². The lowest BCUT2D eigenvalue weighted by Gasteiger charge is -2.09. The lowest BCUT2D eigenvalue weighted by molar-refractivity contribution is 0.102. The van der Waals surface area contributed by atoms with Gasteiger partial charge in [0.05, 0.1) is 22.8 Å². The highest BCUT2D eigenvalue weighted by atomic mass is 32.1.